The maximum absolute atomic E-state index is 4.59. The summed E-state index contributed by atoms with van der Waals surface area (Å²) in [5.74, 6) is 0. The Balaban J connectivity index is 1.79. The quantitative estimate of drug-likeness (QED) is 0.914. The molecule has 1 fully saturated rings. The van der Waals surface area contributed by atoms with Crippen molar-refractivity contribution in [3.8, 4) is 0 Å². The molecule has 112 valence electrons. The first-order valence-electron chi connectivity index (χ1n) is 8.07. The third-order valence-electron chi connectivity index (χ3n) is 4.34. The monoisotopic (exact) mass is 283 g/mol. The van der Waals surface area contributed by atoms with Crippen LogP contribution in [0, 0.1) is 6.92 Å². The van der Waals surface area contributed by atoms with E-state index in [1.165, 1.54) is 30.3 Å². The third-order valence-corrected chi connectivity index (χ3v) is 4.34. The van der Waals surface area contributed by atoms with E-state index in [-0.39, 0.29) is 0 Å². The first kappa shape index (κ1) is 14.5. The standard InChI is InChI=1S/C18H25N3/c1-3-10-21(17-8-9-19-12-17)13-15-5-7-18-16(11-15)6-4-14(2)20-18/h4-7,11,17,19H,3,8-10,12-13H2,1-2H3. The molecular weight excluding hydrogens is 258 g/mol. The predicted molar refractivity (Wildman–Crippen MR) is 88.5 cm³/mol. The average Bonchev–Trinajstić information content (AvgIpc) is 3.01. The Morgan fingerprint density at radius 3 is 2.95 bits per heavy atom. The molecule has 3 heteroatoms. The zero-order valence-electron chi connectivity index (χ0n) is 13.1. The van der Waals surface area contributed by atoms with E-state index in [1.807, 2.05) is 6.92 Å². The Bertz CT molecular complexity index is 602. The highest BCUT2D eigenvalue weighted by atomic mass is 15.2. The molecule has 1 atom stereocenters. The molecule has 2 aromatic rings. The van der Waals surface area contributed by atoms with Crippen LogP contribution < -0.4 is 5.32 Å². The molecule has 0 aliphatic carbocycles. The van der Waals surface area contributed by atoms with Gasteiger partial charge in [0.1, 0.15) is 0 Å². The lowest BCUT2D eigenvalue weighted by Crippen LogP contribution is -2.36. The van der Waals surface area contributed by atoms with Gasteiger partial charge in [-0.3, -0.25) is 9.88 Å². The molecule has 0 amide bonds. The van der Waals surface area contributed by atoms with Crippen LogP contribution in [-0.4, -0.2) is 35.6 Å². The fraction of sp³-hybridized carbons (Fsp3) is 0.500. The van der Waals surface area contributed by atoms with Gasteiger partial charge in [0.2, 0.25) is 0 Å². The highest BCUT2D eigenvalue weighted by Crippen LogP contribution is 2.18. The molecule has 3 rings (SSSR count). The van der Waals surface area contributed by atoms with Gasteiger partial charge >= 0.3 is 0 Å². The molecule has 1 aromatic heterocycles. The molecule has 21 heavy (non-hydrogen) atoms. The number of hydrogen-bond donors (Lipinski definition) is 1. The fourth-order valence-corrected chi connectivity index (χ4v) is 3.24. The molecule has 2 heterocycles. The van der Waals surface area contributed by atoms with E-state index in [0.29, 0.717) is 6.04 Å². The van der Waals surface area contributed by atoms with Gasteiger partial charge in [0, 0.05) is 30.2 Å². The zero-order valence-corrected chi connectivity index (χ0v) is 13.1. The normalized spacial score (nSPS) is 18.7. The highest BCUT2D eigenvalue weighted by Gasteiger charge is 2.21. The van der Waals surface area contributed by atoms with Gasteiger partial charge in [0.15, 0.2) is 0 Å². The predicted octanol–water partition coefficient (Wildman–Crippen LogP) is 3.12. The number of fused-ring (bicyclic) bond motifs is 1. The van der Waals surface area contributed by atoms with Gasteiger partial charge in [-0.25, -0.2) is 0 Å². The first-order valence-corrected chi connectivity index (χ1v) is 8.07. The lowest BCUT2D eigenvalue weighted by Gasteiger charge is -2.28. The molecule has 0 saturated carbocycles. The van der Waals surface area contributed by atoms with E-state index >= 15 is 0 Å². The number of pyridine rings is 1. The van der Waals surface area contributed by atoms with Crippen LogP contribution >= 0.6 is 0 Å². The van der Waals surface area contributed by atoms with Crippen molar-refractivity contribution in [2.24, 2.45) is 0 Å². The Hall–Kier alpha value is -1.45. The van der Waals surface area contributed by atoms with Gasteiger partial charge in [0.25, 0.3) is 0 Å². The second kappa shape index (κ2) is 6.54. The topological polar surface area (TPSA) is 28.2 Å². The molecule has 1 aliphatic rings. The minimum Gasteiger partial charge on any atom is -0.315 e. The smallest absolute Gasteiger partial charge is 0.0705 e. The van der Waals surface area contributed by atoms with Crippen molar-refractivity contribution < 1.29 is 0 Å². The number of nitrogens with zero attached hydrogens (tertiary/aromatic N) is 2. The summed E-state index contributed by atoms with van der Waals surface area (Å²) in [5, 5.41) is 4.73. The van der Waals surface area contributed by atoms with Gasteiger partial charge in [-0.05, 0) is 56.6 Å². The van der Waals surface area contributed by atoms with Crippen molar-refractivity contribution >= 4 is 10.9 Å². The lowest BCUT2D eigenvalue weighted by atomic mass is 10.1. The van der Waals surface area contributed by atoms with Gasteiger partial charge in [-0.1, -0.05) is 19.1 Å². The van der Waals surface area contributed by atoms with Crippen LogP contribution in [0.5, 0.6) is 0 Å². The molecule has 0 spiro atoms. The summed E-state index contributed by atoms with van der Waals surface area (Å²) in [6.45, 7) is 8.83. The van der Waals surface area contributed by atoms with Crippen LogP contribution in [0.4, 0.5) is 0 Å². The van der Waals surface area contributed by atoms with Crippen LogP contribution in [0.15, 0.2) is 30.3 Å². The molecule has 0 bridgehead atoms. The van der Waals surface area contributed by atoms with Crippen LogP contribution in [0.1, 0.15) is 31.0 Å². The molecule has 1 aliphatic heterocycles. The number of aryl methyl sites for hydroxylation is 1. The molecular formula is C18H25N3. The van der Waals surface area contributed by atoms with Crippen molar-refractivity contribution in [2.75, 3.05) is 19.6 Å². The molecule has 1 saturated heterocycles. The van der Waals surface area contributed by atoms with Crippen molar-refractivity contribution in [2.45, 2.75) is 39.3 Å². The van der Waals surface area contributed by atoms with E-state index in [1.54, 1.807) is 0 Å². The number of hydrogen-bond acceptors (Lipinski definition) is 3. The van der Waals surface area contributed by atoms with Gasteiger partial charge in [-0.2, -0.15) is 0 Å². The Kier molecular flexibility index (Phi) is 4.51. The van der Waals surface area contributed by atoms with Crippen LogP contribution in [0.2, 0.25) is 0 Å². The Labute approximate surface area is 127 Å². The van der Waals surface area contributed by atoms with E-state index < -0.39 is 0 Å². The molecule has 1 aromatic carbocycles. The van der Waals surface area contributed by atoms with Crippen LogP contribution in [0.25, 0.3) is 10.9 Å². The molecule has 1 N–H and O–H groups in total. The number of nitrogens with one attached hydrogen (secondary N) is 1. The maximum atomic E-state index is 4.59. The number of rotatable bonds is 5. The minimum absolute atomic E-state index is 0.691. The second-order valence-corrected chi connectivity index (χ2v) is 6.10. The summed E-state index contributed by atoms with van der Waals surface area (Å²) in [6, 6.07) is 11.7. The first-order chi connectivity index (χ1) is 10.3. The van der Waals surface area contributed by atoms with Crippen LogP contribution in [0.3, 0.4) is 0 Å². The third kappa shape index (κ3) is 3.42. The Morgan fingerprint density at radius 2 is 2.19 bits per heavy atom. The van der Waals surface area contributed by atoms with Crippen LogP contribution in [-0.2, 0) is 6.54 Å². The summed E-state index contributed by atoms with van der Waals surface area (Å²) >= 11 is 0. The SMILES string of the molecule is CCCN(Cc1ccc2nc(C)ccc2c1)C1CCNC1. The summed E-state index contributed by atoms with van der Waals surface area (Å²) in [7, 11) is 0. The van der Waals surface area contributed by atoms with Crippen molar-refractivity contribution in [1.82, 2.24) is 15.2 Å². The summed E-state index contributed by atoms with van der Waals surface area (Å²) < 4.78 is 0. The lowest BCUT2D eigenvalue weighted by molar-refractivity contribution is 0.199. The van der Waals surface area contributed by atoms with Crippen molar-refractivity contribution in [3.05, 3.63) is 41.6 Å². The van der Waals surface area contributed by atoms with Crippen molar-refractivity contribution in [3.63, 3.8) is 0 Å². The Morgan fingerprint density at radius 1 is 1.29 bits per heavy atom. The highest BCUT2D eigenvalue weighted by molar-refractivity contribution is 5.79. The number of benzene rings is 1. The largest absolute Gasteiger partial charge is 0.315 e. The summed E-state index contributed by atoms with van der Waals surface area (Å²) in [4.78, 5) is 7.21. The summed E-state index contributed by atoms with van der Waals surface area (Å²) in [5.41, 5.74) is 3.58. The van der Waals surface area contributed by atoms with E-state index in [0.717, 1.165) is 30.8 Å². The van der Waals surface area contributed by atoms with E-state index in [9.17, 15) is 0 Å². The fourth-order valence-electron chi connectivity index (χ4n) is 3.24. The molecule has 0 radical (unpaired) electrons. The average molecular weight is 283 g/mol. The molecule has 1 unspecified atom stereocenters. The summed E-state index contributed by atoms with van der Waals surface area (Å²) in [6.07, 6.45) is 2.49. The van der Waals surface area contributed by atoms with Crippen molar-refractivity contribution in [1.29, 1.82) is 0 Å². The van der Waals surface area contributed by atoms with Gasteiger partial charge in [0.05, 0.1) is 5.52 Å². The minimum atomic E-state index is 0.691. The maximum Gasteiger partial charge on any atom is 0.0705 e. The van der Waals surface area contributed by atoms with E-state index in [2.05, 4.69) is 52.5 Å². The number of aromatic nitrogens is 1. The second-order valence-electron chi connectivity index (χ2n) is 6.10. The van der Waals surface area contributed by atoms with Gasteiger partial charge < -0.3 is 5.32 Å². The van der Waals surface area contributed by atoms with Gasteiger partial charge in [-0.15, -0.1) is 0 Å². The molecule has 3 nitrogen and oxygen atoms in total. The zero-order chi connectivity index (χ0) is 14.7. The van der Waals surface area contributed by atoms with E-state index in [4.69, 9.17) is 0 Å².